The van der Waals surface area contributed by atoms with Crippen LogP contribution in [0.25, 0.3) is 121 Å². The van der Waals surface area contributed by atoms with Gasteiger partial charge in [0.25, 0.3) is 0 Å². The van der Waals surface area contributed by atoms with Gasteiger partial charge in [0, 0.05) is 38.6 Å². The highest BCUT2D eigenvalue weighted by Crippen LogP contribution is 2.45. The molecule has 0 aliphatic rings. The van der Waals surface area contributed by atoms with Crippen LogP contribution in [0.3, 0.4) is 0 Å². The predicted octanol–water partition coefficient (Wildman–Crippen LogP) is 15.1. The Balaban J connectivity index is 1.23. The Morgan fingerprint density at radius 2 is 0.736 bits per heavy atom. The summed E-state index contributed by atoms with van der Waals surface area (Å²) in [5, 5.41) is 33.5. The van der Waals surface area contributed by atoms with Crippen molar-refractivity contribution in [1.29, 1.82) is 15.8 Å². The van der Waals surface area contributed by atoms with E-state index in [1.54, 1.807) is 12.1 Å². The number of nitrogens with zero attached hydrogens (tertiary/aromatic N) is 10. The lowest BCUT2D eigenvalue weighted by Gasteiger charge is -2.21. The molecule has 0 N–H and O–H groups in total. The highest BCUT2D eigenvalue weighted by atomic mass is 15.0. The van der Waals surface area contributed by atoms with Gasteiger partial charge in [0.05, 0.1) is 81.5 Å². The number of hydrogen-bond donors (Lipinski definition) is 0. The van der Waals surface area contributed by atoms with Gasteiger partial charge >= 0.3 is 0 Å². The highest BCUT2D eigenvalue weighted by Gasteiger charge is 2.24. The Morgan fingerprint density at radius 1 is 0.347 bits per heavy atom. The largest absolute Gasteiger partial charge is 0.309 e. The van der Waals surface area contributed by atoms with E-state index in [-0.39, 0.29) is 0 Å². The summed E-state index contributed by atoms with van der Waals surface area (Å²) in [5.41, 5.74) is 13.0. The van der Waals surface area contributed by atoms with Gasteiger partial charge in [0.2, 0.25) is 0 Å². The maximum atomic E-state index is 10.1. The van der Waals surface area contributed by atoms with Crippen LogP contribution in [0.4, 0.5) is 11.4 Å². The standard InChI is InChI=1S/C62H32N10/c1-66-46-20-26-58-52(33-46)48-29-39(36-64)16-22-54(48)71(58)56-24-18-44(43-15-9-10-38(28-43)35-63)31-50(56)51-32-45(62-69-60(41-11-5-3-6-12-41)68-61(70-62)42-13-7-4-8-14-42)19-25-57(51)72-55-23-17-40(37-65)30-49(55)53-34-47(67-2)21-27-59(53)72/h3-34H. The maximum Gasteiger partial charge on any atom is 0.188 e. The van der Waals surface area contributed by atoms with Gasteiger partial charge in [-0.15, -0.1) is 0 Å². The van der Waals surface area contributed by atoms with E-state index in [2.05, 4.69) is 61.3 Å². The van der Waals surface area contributed by atoms with Gasteiger partial charge < -0.3 is 9.13 Å². The van der Waals surface area contributed by atoms with Crippen LogP contribution in [0.1, 0.15) is 16.7 Å². The summed E-state index contributed by atoms with van der Waals surface area (Å²) in [6.07, 6.45) is 0. The summed E-state index contributed by atoms with van der Waals surface area (Å²) in [5.74, 6) is 1.47. The van der Waals surface area contributed by atoms with E-state index in [1.165, 1.54) is 0 Å². The SMILES string of the molecule is [C-]#[N+]c1ccc2c(c1)c1cc(C#N)ccc1n2-c1ccc(-c2cccc(C#N)c2)cc1-c1cc(-c2nc(-c3ccccc3)nc(-c3ccccc3)n2)ccc1-n1c2ccc(C#N)cc2c2cc([N+]#[C-])ccc21. The quantitative estimate of drug-likeness (QED) is 0.146. The topological polar surface area (TPSA) is 129 Å². The van der Waals surface area contributed by atoms with Crippen molar-refractivity contribution in [2.24, 2.45) is 0 Å². The second-order valence-electron chi connectivity index (χ2n) is 17.2. The Labute approximate surface area is 412 Å². The summed E-state index contributed by atoms with van der Waals surface area (Å²) in [6.45, 7) is 15.9. The smallest absolute Gasteiger partial charge is 0.188 e. The molecule has 10 heteroatoms. The molecule has 0 atom stereocenters. The third kappa shape index (κ3) is 7.13. The molecule has 0 fully saturated rings. The Morgan fingerprint density at radius 3 is 1.21 bits per heavy atom. The van der Waals surface area contributed by atoms with Gasteiger partial charge in [-0.05, 0) is 125 Å². The van der Waals surface area contributed by atoms with E-state index >= 15 is 0 Å². The molecular weight excluding hydrogens is 885 g/mol. The first-order chi connectivity index (χ1) is 35.4. The molecule has 12 aromatic rings. The molecule has 330 valence electrons. The molecule has 0 aliphatic heterocycles. The molecule has 3 heterocycles. The number of hydrogen-bond acceptors (Lipinski definition) is 6. The number of nitriles is 3. The Bertz CT molecular complexity index is 4250. The average molecular weight is 917 g/mol. The Kier molecular flexibility index (Phi) is 10.2. The van der Waals surface area contributed by atoms with Crippen LogP contribution in [0.2, 0.25) is 0 Å². The van der Waals surface area contributed by atoms with E-state index in [0.717, 1.165) is 88.4 Å². The second kappa shape index (κ2) is 17.3. The zero-order valence-corrected chi connectivity index (χ0v) is 37.9. The first kappa shape index (κ1) is 42.4. The zero-order chi connectivity index (χ0) is 48.9. The second-order valence-corrected chi connectivity index (χ2v) is 17.2. The lowest BCUT2D eigenvalue weighted by molar-refractivity contribution is 1.07. The summed E-state index contributed by atoms with van der Waals surface area (Å²) >= 11 is 0. The zero-order valence-electron chi connectivity index (χ0n) is 37.9. The van der Waals surface area contributed by atoms with Crippen molar-refractivity contribution in [3.8, 4) is 86.0 Å². The van der Waals surface area contributed by atoms with Crippen molar-refractivity contribution in [2.75, 3.05) is 0 Å². The van der Waals surface area contributed by atoms with Gasteiger partial charge in [0.1, 0.15) is 0 Å². The van der Waals surface area contributed by atoms with Gasteiger partial charge in [-0.25, -0.2) is 24.6 Å². The molecular formula is C62H32N10. The summed E-state index contributed by atoms with van der Waals surface area (Å²) in [7, 11) is 0. The maximum absolute atomic E-state index is 10.1. The average Bonchev–Trinajstić information content (AvgIpc) is 3.95. The molecule has 0 spiro atoms. The molecule has 0 bridgehead atoms. The number of benzene rings is 9. The molecule has 0 unspecified atom stereocenters. The first-order valence-corrected chi connectivity index (χ1v) is 22.8. The van der Waals surface area contributed by atoms with Crippen molar-refractivity contribution >= 4 is 55.0 Å². The molecule has 0 radical (unpaired) electrons. The van der Waals surface area contributed by atoms with Crippen molar-refractivity contribution in [1.82, 2.24) is 24.1 Å². The molecule has 9 aromatic carbocycles. The minimum atomic E-state index is 0.449. The van der Waals surface area contributed by atoms with Crippen LogP contribution in [0, 0.1) is 47.1 Å². The van der Waals surface area contributed by atoms with E-state index < -0.39 is 0 Å². The van der Waals surface area contributed by atoms with Crippen LogP contribution < -0.4 is 0 Å². The van der Waals surface area contributed by atoms with Crippen LogP contribution in [-0.2, 0) is 0 Å². The predicted molar refractivity (Wildman–Crippen MR) is 282 cm³/mol. The van der Waals surface area contributed by atoms with Crippen LogP contribution in [-0.4, -0.2) is 24.1 Å². The van der Waals surface area contributed by atoms with E-state index in [4.69, 9.17) is 28.1 Å². The van der Waals surface area contributed by atoms with E-state index in [0.29, 0.717) is 51.1 Å². The molecule has 0 aliphatic carbocycles. The summed E-state index contributed by atoms with van der Waals surface area (Å²) in [6, 6.07) is 69.1. The van der Waals surface area contributed by atoms with Crippen molar-refractivity contribution in [2.45, 2.75) is 0 Å². The minimum Gasteiger partial charge on any atom is -0.309 e. The van der Waals surface area contributed by atoms with Crippen molar-refractivity contribution < 1.29 is 0 Å². The molecule has 12 rings (SSSR count). The highest BCUT2D eigenvalue weighted by molar-refractivity contribution is 6.13. The fourth-order valence-corrected chi connectivity index (χ4v) is 9.74. The van der Waals surface area contributed by atoms with E-state index in [9.17, 15) is 15.8 Å². The fourth-order valence-electron chi connectivity index (χ4n) is 9.74. The number of aromatic nitrogens is 5. The van der Waals surface area contributed by atoms with Crippen molar-refractivity contribution in [3.63, 3.8) is 0 Å². The van der Waals surface area contributed by atoms with Crippen LogP contribution in [0.15, 0.2) is 194 Å². The fraction of sp³-hybridized carbons (Fsp3) is 0. The minimum absolute atomic E-state index is 0.449. The summed E-state index contributed by atoms with van der Waals surface area (Å²) in [4.78, 5) is 22.9. The molecule has 0 saturated carbocycles. The van der Waals surface area contributed by atoms with Gasteiger partial charge in [-0.1, -0.05) is 91.0 Å². The number of rotatable bonds is 7. The Hall–Kier alpha value is -11.0. The lowest BCUT2D eigenvalue weighted by atomic mass is 9.93. The van der Waals surface area contributed by atoms with E-state index in [1.807, 2.05) is 158 Å². The van der Waals surface area contributed by atoms with Crippen LogP contribution >= 0.6 is 0 Å². The van der Waals surface area contributed by atoms with Crippen LogP contribution in [0.5, 0.6) is 0 Å². The van der Waals surface area contributed by atoms with Crippen molar-refractivity contribution in [3.05, 3.63) is 234 Å². The third-order valence-electron chi connectivity index (χ3n) is 13.1. The van der Waals surface area contributed by atoms with Gasteiger partial charge in [-0.2, -0.15) is 15.8 Å². The van der Waals surface area contributed by atoms with Gasteiger partial charge in [-0.3, -0.25) is 0 Å². The summed E-state index contributed by atoms with van der Waals surface area (Å²) < 4.78 is 4.36. The lowest BCUT2D eigenvalue weighted by Crippen LogP contribution is -2.04. The first-order valence-electron chi connectivity index (χ1n) is 22.8. The normalized spacial score (nSPS) is 11.0. The molecule has 0 saturated heterocycles. The molecule has 0 amide bonds. The monoisotopic (exact) mass is 916 g/mol. The number of fused-ring (bicyclic) bond motifs is 6. The van der Waals surface area contributed by atoms with Gasteiger partial charge in [0.15, 0.2) is 28.8 Å². The molecule has 3 aromatic heterocycles. The molecule has 10 nitrogen and oxygen atoms in total. The third-order valence-corrected chi connectivity index (χ3v) is 13.1. The molecule has 72 heavy (non-hydrogen) atoms.